The molecular formula is C15H25N3. The van der Waals surface area contributed by atoms with Crippen LogP contribution in [-0.2, 0) is 0 Å². The standard InChI is InChI=1S/C15H25N3/c1-5-16-13(4)14-6-7-15(17-9-14)18-10-11(2)8-12(18)3/h6-7,9,11-13,16H,5,8,10H2,1-4H3. The van der Waals surface area contributed by atoms with Crippen LogP contribution in [0.3, 0.4) is 0 Å². The second-order valence-corrected chi connectivity index (χ2v) is 5.57. The van der Waals surface area contributed by atoms with Gasteiger partial charge in [-0.05, 0) is 44.4 Å². The molecule has 0 aromatic carbocycles. The van der Waals surface area contributed by atoms with Crippen molar-refractivity contribution >= 4 is 5.82 Å². The van der Waals surface area contributed by atoms with E-state index in [9.17, 15) is 0 Å². The fraction of sp³-hybridized carbons (Fsp3) is 0.667. The average molecular weight is 247 g/mol. The molecular weight excluding hydrogens is 222 g/mol. The molecule has 2 rings (SSSR count). The van der Waals surface area contributed by atoms with Crippen LogP contribution in [0.4, 0.5) is 5.82 Å². The molecule has 3 heteroatoms. The van der Waals surface area contributed by atoms with Crippen LogP contribution >= 0.6 is 0 Å². The largest absolute Gasteiger partial charge is 0.354 e. The lowest BCUT2D eigenvalue weighted by molar-refractivity contribution is 0.596. The van der Waals surface area contributed by atoms with Crippen LogP contribution in [0.15, 0.2) is 18.3 Å². The van der Waals surface area contributed by atoms with Gasteiger partial charge in [-0.3, -0.25) is 0 Å². The predicted molar refractivity (Wildman–Crippen MR) is 76.9 cm³/mol. The van der Waals surface area contributed by atoms with Crippen molar-refractivity contribution in [2.45, 2.75) is 46.2 Å². The van der Waals surface area contributed by atoms with Gasteiger partial charge < -0.3 is 10.2 Å². The van der Waals surface area contributed by atoms with E-state index < -0.39 is 0 Å². The van der Waals surface area contributed by atoms with Crippen LogP contribution in [0.5, 0.6) is 0 Å². The van der Waals surface area contributed by atoms with E-state index in [0.29, 0.717) is 12.1 Å². The molecule has 1 aliphatic heterocycles. The minimum Gasteiger partial charge on any atom is -0.354 e. The Kier molecular flexibility index (Phi) is 4.23. The Morgan fingerprint density at radius 2 is 2.22 bits per heavy atom. The first-order chi connectivity index (χ1) is 8.61. The number of anilines is 1. The normalized spacial score (nSPS) is 25.4. The first kappa shape index (κ1) is 13.3. The minimum absolute atomic E-state index is 0.381. The summed E-state index contributed by atoms with van der Waals surface area (Å²) in [5.41, 5.74) is 1.26. The maximum absolute atomic E-state index is 4.63. The number of aromatic nitrogens is 1. The van der Waals surface area contributed by atoms with Crippen molar-refractivity contribution in [3.63, 3.8) is 0 Å². The Labute approximate surface area is 111 Å². The molecule has 1 N–H and O–H groups in total. The molecule has 0 amide bonds. The highest BCUT2D eigenvalue weighted by Gasteiger charge is 2.26. The molecule has 0 aliphatic carbocycles. The van der Waals surface area contributed by atoms with Crippen molar-refractivity contribution in [2.75, 3.05) is 18.0 Å². The van der Waals surface area contributed by atoms with Gasteiger partial charge in [0.05, 0.1) is 0 Å². The van der Waals surface area contributed by atoms with Crippen molar-refractivity contribution in [1.82, 2.24) is 10.3 Å². The summed E-state index contributed by atoms with van der Waals surface area (Å²) in [7, 11) is 0. The third kappa shape index (κ3) is 2.83. The summed E-state index contributed by atoms with van der Waals surface area (Å²) in [6.45, 7) is 11.0. The van der Waals surface area contributed by atoms with Gasteiger partial charge in [-0.15, -0.1) is 0 Å². The molecule has 1 aromatic heterocycles. The van der Waals surface area contributed by atoms with Crippen LogP contribution in [0.1, 0.15) is 45.7 Å². The van der Waals surface area contributed by atoms with E-state index in [0.717, 1.165) is 24.8 Å². The van der Waals surface area contributed by atoms with E-state index in [1.165, 1.54) is 12.0 Å². The van der Waals surface area contributed by atoms with Gasteiger partial charge >= 0.3 is 0 Å². The first-order valence-corrected chi connectivity index (χ1v) is 7.07. The van der Waals surface area contributed by atoms with Crippen molar-refractivity contribution < 1.29 is 0 Å². The summed E-state index contributed by atoms with van der Waals surface area (Å²) in [6, 6.07) is 5.36. The number of pyridine rings is 1. The number of rotatable bonds is 4. The molecule has 0 radical (unpaired) electrons. The van der Waals surface area contributed by atoms with Crippen molar-refractivity contribution in [1.29, 1.82) is 0 Å². The highest BCUT2D eigenvalue weighted by molar-refractivity contribution is 5.42. The molecule has 1 aliphatic rings. The Hall–Kier alpha value is -1.09. The Morgan fingerprint density at radius 1 is 1.44 bits per heavy atom. The third-order valence-corrected chi connectivity index (χ3v) is 3.86. The molecule has 0 bridgehead atoms. The monoisotopic (exact) mass is 247 g/mol. The van der Waals surface area contributed by atoms with Gasteiger partial charge in [-0.25, -0.2) is 4.98 Å². The lowest BCUT2D eigenvalue weighted by Crippen LogP contribution is -2.27. The molecule has 1 fully saturated rings. The maximum atomic E-state index is 4.63. The summed E-state index contributed by atoms with van der Waals surface area (Å²) in [5, 5.41) is 3.41. The van der Waals surface area contributed by atoms with E-state index in [1.807, 2.05) is 6.20 Å². The zero-order chi connectivity index (χ0) is 13.1. The Balaban J connectivity index is 2.08. The summed E-state index contributed by atoms with van der Waals surface area (Å²) in [4.78, 5) is 7.06. The van der Waals surface area contributed by atoms with E-state index in [2.05, 4.69) is 55.0 Å². The topological polar surface area (TPSA) is 28.2 Å². The molecule has 0 saturated carbocycles. The van der Waals surface area contributed by atoms with Crippen molar-refractivity contribution in [3.8, 4) is 0 Å². The number of nitrogens with zero attached hydrogens (tertiary/aromatic N) is 2. The molecule has 1 saturated heterocycles. The zero-order valence-electron chi connectivity index (χ0n) is 12.0. The van der Waals surface area contributed by atoms with E-state index >= 15 is 0 Å². The van der Waals surface area contributed by atoms with E-state index in [1.54, 1.807) is 0 Å². The summed E-state index contributed by atoms with van der Waals surface area (Å²) in [6.07, 6.45) is 3.29. The molecule has 100 valence electrons. The van der Waals surface area contributed by atoms with E-state index in [4.69, 9.17) is 0 Å². The molecule has 3 nitrogen and oxygen atoms in total. The Bertz CT molecular complexity index is 374. The van der Waals surface area contributed by atoms with Crippen LogP contribution < -0.4 is 10.2 Å². The van der Waals surface area contributed by atoms with Gasteiger partial charge in [0, 0.05) is 24.8 Å². The summed E-state index contributed by atoms with van der Waals surface area (Å²) in [5.74, 6) is 1.90. The minimum atomic E-state index is 0.381. The zero-order valence-corrected chi connectivity index (χ0v) is 12.0. The highest BCUT2D eigenvalue weighted by atomic mass is 15.2. The molecule has 3 unspecified atom stereocenters. The second-order valence-electron chi connectivity index (χ2n) is 5.57. The van der Waals surface area contributed by atoms with Crippen LogP contribution in [-0.4, -0.2) is 24.1 Å². The fourth-order valence-corrected chi connectivity index (χ4v) is 2.87. The molecule has 1 aromatic rings. The SMILES string of the molecule is CCNC(C)c1ccc(N2CC(C)CC2C)nc1. The van der Waals surface area contributed by atoms with Gasteiger partial charge in [0.1, 0.15) is 5.82 Å². The van der Waals surface area contributed by atoms with Gasteiger partial charge in [0.25, 0.3) is 0 Å². The van der Waals surface area contributed by atoms with Crippen LogP contribution in [0.2, 0.25) is 0 Å². The molecule has 3 atom stereocenters. The summed E-state index contributed by atoms with van der Waals surface area (Å²) < 4.78 is 0. The lowest BCUT2D eigenvalue weighted by atomic mass is 10.1. The molecule has 2 heterocycles. The quantitative estimate of drug-likeness (QED) is 0.886. The van der Waals surface area contributed by atoms with E-state index in [-0.39, 0.29) is 0 Å². The van der Waals surface area contributed by atoms with Crippen LogP contribution in [0, 0.1) is 5.92 Å². The number of nitrogens with one attached hydrogen (secondary N) is 1. The smallest absolute Gasteiger partial charge is 0.128 e. The number of hydrogen-bond donors (Lipinski definition) is 1. The van der Waals surface area contributed by atoms with Crippen molar-refractivity contribution in [3.05, 3.63) is 23.9 Å². The summed E-state index contributed by atoms with van der Waals surface area (Å²) >= 11 is 0. The van der Waals surface area contributed by atoms with Gasteiger partial charge in [0.2, 0.25) is 0 Å². The van der Waals surface area contributed by atoms with Gasteiger partial charge in [-0.1, -0.05) is 19.9 Å². The molecule has 18 heavy (non-hydrogen) atoms. The second kappa shape index (κ2) is 5.70. The first-order valence-electron chi connectivity index (χ1n) is 7.07. The Morgan fingerprint density at radius 3 is 2.72 bits per heavy atom. The number of hydrogen-bond acceptors (Lipinski definition) is 3. The molecule has 0 spiro atoms. The van der Waals surface area contributed by atoms with Gasteiger partial charge in [-0.2, -0.15) is 0 Å². The average Bonchev–Trinajstić information content (AvgIpc) is 2.69. The van der Waals surface area contributed by atoms with Crippen LogP contribution in [0.25, 0.3) is 0 Å². The lowest BCUT2D eigenvalue weighted by Gasteiger charge is -2.23. The third-order valence-electron chi connectivity index (χ3n) is 3.86. The maximum Gasteiger partial charge on any atom is 0.128 e. The van der Waals surface area contributed by atoms with Gasteiger partial charge in [0.15, 0.2) is 0 Å². The predicted octanol–water partition coefficient (Wildman–Crippen LogP) is 2.99. The fourth-order valence-electron chi connectivity index (χ4n) is 2.87. The van der Waals surface area contributed by atoms with Crippen molar-refractivity contribution in [2.24, 2.45) is 5.92 Å². The highest BCUT2D eigenvalue weighted by Crippen LogP contribution is 2.27.